The summed E-state index contributed by atoms with van der Waals surface area (Å²) in [7, 11) is 0. The Morgan fingerprint density at radius 2 is 1.85 bits per heavy atom. The van der Waals surface area contributed by atoms with Crippen molar-refractivity contribution in [2.75, 3.05) is 11.9 Å². The van der Waals surface area contributed by atoms with Gasteiger partial charge >= 0.3 is 12.1 Å². The molecule has 4 nitrogen and oxygen atoms in total. The van der Waals surface area contributed by atoms with E-state index in [0.29, 0.717) is 6.07 Å². The first-order valence-corrected chi connectivity index (χ1v) is 7.91. The van der Waals surface area contributed by atoms with E-state index in [2.05, 4.69) is 5.32 Å². The fourth-order valence-electron chi connectivity index (χ4n) is 2.21. The van der Waals surface area contributed by atoms with Crippen LogP contribution < -0.4 is 5.32 Å². The summed E-state index contributed by atoms with van der Waals surface area (Å²) in [5, 5.41) is 1.97. The Labute approximate surface area is 152 Å². The van der Waals surface area contributed by atoms with E-state index >= 15 is 0 Å². The first-order valence-electron chi connectivity index (χ1n) is 7.53. The van der Waals surface area contributed by atoms with E-state index < -0.39 is 35.9 Å². The molecule has 0 aliphatic rings. The van der Waals surface area contributed by atoms with Crippen molar-refractivity contribution in [2.45, 2.75) is 19.5 Å². The van der Waals surface area contributed by atoms with Crippen LogP contribution in [0.5, 0.6) is 0 Å². The number of esters is 1. The molecule has 8 heteroatoms. The van der Waals surface area contributed by atoms with Crippen LogP contribution in [0.1, 0.15) is 16.7 Å². The summed E-state index contributed by atoms with van der Waals surface area (Å²) in [6.45, 7) is 1.14. The Morgan fingerprint density at radius 1 is 1.15 bits per heavy atom. The van der Waals surface area contributed by atoms with E-state index in [4.69, 9.17) is 16.3 Å². The number of benzene rings is 2. The van der Waals surface area contributed by atoms with Crippen molar-refractivity contribution in [1.82, 2.24) is 0 Å². The molecule has 0 fully saturated rings. The van der Waals surface area contributed by atoms with Crippen LogP contribution in [-0.4, -0.2) is 18.5 Å². The smallest absolute Gasteiger partial charge is 0.418 e. The Kier molecular flexibility index (Phi) is 6.26. The second-order valence-corrected chi connectivity index (χ2v) is 5.94. The highest BCUT2D eigenvalue weighted by Crippen LogP contribution is 2.36. The number of halogens is 4. The van der Waals surface area contributed by atoms with Crippen LogP contribution in [0.15, 0.2) is 42.5 Å². The number of alkyl halides is 3. The molecule has 0 heterocycles. The molecule has 0 unspecified atom stereocenters. The number of nitrogens with one attached hydrogen (secondary N) is 1. The molecule has 0 saturated carbocycles. The molecule has 2 rings (SSSR count). The van der Waals surface area contributed by atoms with E-state index in [1.807, 2.05) is 19.1 Å². The van der Waals surface area contributed by atoms with Gasteiger partial charge in [-0.2, -0.15) is 13.2 Å². The average Bonchev–Trinajstić information content (AvgIpc) is 2.56. The second-order valence-electron chi connectivity index (χ2n) is 5.50. The fraction of sp³-hybridized carbons (Fsp3) is 0.222. The normalized spacial score (nSPS) is 11.1. The monoisotopic (exact) mass is 385 g/mol. The molecule has 0 spiro atoms. The summed E-state index contributed by atoms with van der Waals surface area (Å²) in [6.07, 6.45) is -4.72. The zero-order chi connectivity index (χ0) is 19.3. The molecule has 2 aromatic rings. The lowest BCUT2D eigenvalue weighted by Crippen LogP contribution is -2.23. The van der Waals surface area contributed by atoms with Crippen molar-refractivity contribution in [2.24, 2.45) is 0 Å². The van der Waals surface area contributed by atoms with Gasteiger partial charge in [0.2, 0.25) is 0 Å². The Hall–Kier alpha value is -2.54. The van der Waals surface area contributed by atoms with Gasteiger partial charge in [0, 0.05) is 5.02 Å². The molecular formula is C18H15ClF3NO3. The predicted molar refractivity (Wildman–Crippen MR) is 90.9 cm³/mol. The molecular weight excluding hydrogens is 371 g/mol. The zero-order valence-electron chi connectivity index (χ0n) is 13.7. The summed E-state index contributed by atoms with van der Waals surface area (Å²) in [4.78, 5) is 23.6. The van der Waals surface area contributed by atoms with Crippen molar-refractivity contribution >= 4 is 29.2 Å². The number of aryl methyl sites for hydroxylation is 1. The van der Waals surface area contributed by atoms with Gasteiger partial charge in [0.05, 0.1) is 17.7 Å². The maximum absolute atomic E-state index is 13.0. The van der Waals surface area contributed by atoms with E-state index in [-0.39, 0.29) is 11.4 Å². The lowest BCUT2D eigenvalue weighted by atomic mass is 10.1. The van der Waals surface area contributed by atoms with E-state index in [9.17, 15) is 22.8 Å². The highest BCUT2D eigenvalue weighted by atomic mass is 35.5. The third-order valence-corrected chi connectivity index (χ3v) is 3.76. The number of rotatable bonds is 5. The van der Waals surface area contributed by atoms with Gasteiger partial charge in [0.1, 0.15) is 0 Å². The fourth-order valence-corrected chi connectivity index (χ4v) is 2.38. The van der Waals surface area contributed by atoms with Gasteiger partial charge in [-0.1, -0.05) is 35.9 Å². The summed E-state index contributed by atoms with van der Waals surface area (Å²) >= 11 is 5.57. The van der Waals surface area contributed by atoms with E-state index in [0.717, 1.165) is 17.2 Å². The number of hydrogen-bond acceptors (Lipinski definition) is 3. The van der Waals surface area contributed by atoms with Gasteiger partial charge in [0.15, 0.2) is 6.61 Å². The molecule has 1 N–H and O–H groups in total. The number of carbonyl (C=O) groups is 2. The third-order valence-electron chi connectivity index (χ3n) is 3.52. The zero-order valence-corrected chi connectivity index (χ0v) is 14.4. The maximum Gasteiger partial charge on any atom is 0.418 e. The Bertz CT molecular complexity index is 822. The number of amides is 1. The minimum atomic E-state index is -4.69. The predicted octanol–water partition coefficient (Wildman–Crippen LogP) is 4.39. The minimum absolute atomic E-state index is 0.0330. The van der Waals surface area contributed by atoms with E-state index in [1.54, 1.807) is 12.1 Å². The molecule has 138 valence electrons. The van der Waals surface area contributed by atoms with Crippen LogP contribution in [-0.2, 0) is 26.9 Å². The molecule has 0 saturated heterocycles. The summed E-state index contributed by atoms with van der Waals surface area (Å²) in [5.41, 5.74) is 0.103. The first kappa shape index (κ1) is 19.8. The van der Waals surface area contributed by atoms with Gasteiger partial charge < -0.3 is 10.1 Å². The minimum Gasteiger partial charge on any atom is -0.455 e. The van der Waals surface area contributed by atoms with Crippen LogP contribution >= 0.6 is 11.6 Å². The van der Waals surface area contributed by atoms with Crippen molar-refractivity contribution in [3.63, 3.8) is 0 Å². The van der Waals surface area contributed by atoms with Gasteiger partial charge in [-0.15, -0.1) is 0 Å². The summed E-state index contributed by atoms with van der Waals surface area (Å²) < 4.78 is 43.8. The van der Waals surface area contributed by atoms with Gasteiger partial charge in [0.25, 0.3) is 5.91 Å². The molecule has 0 aliphatic carbocycles. The van der Waals surface area contributed by atoms with Gasteiger partial charge in [-0.25, -0.2) is 0 Å². The maximum atomic E-state index is 13.0. The third kappa shape index (κ3) is 5.49. The highest BCUT2D eigenvalue weighted by molar-refractivity contribution is 6.30. The average molecular weight is 386 g/mol. The second kappa shape index (κ2) is 8.23. The lowest BCUT2D eigenvalue weighted by Gasteiger charge is -2.14. The number of ether oxygens (including phenoxy) is 1. The molecule has 0 bridgehead atoms. The molecule has 0 aliphatic heterocycles. The Morgan fingerprint density at radius 3 is 2.50 bits per heavy atom. The molecule has 0 aromatic heterocycles. The largest absolute Gasteiger partial charge is 0.455 e. The van der Waals surface area contributed by atoms with Crippen LogP contribution in [0.3, 0.4) is 0 Å². The van der Waals surface area contributed by atoms with Gasteiger partial charge in [-0.05, 0) is 36.2 Å². The van der Waals surface area contributed by atoms with Crippen LogP contribution in [0.2, 0.25) is 5.02 Å². The molecule has 1 amide bonds. The topological polar surface area (TPSA) is 55.4 Å². The van der Waals surface area contributed by atoms with Gasteiger partial charge in [-0.3, -0.25) is 9.59 Å². The standard InChI is InChI=1S/C18H15ClF3NO3/c1-11-4-2-3-5-12(11)8-17(25)26-10-16(24)23-15-7-6-13(19)9-14(15)18(20,21)22/h2-7,9H,8,10H2,1H3,(H,23,24). The molecule has 26 heavy (non-hydrogen) atoms. The van der Waals surface area contributed by atoms with Crippen molar-refractivity contribution < 1.29 is 27.5 Å². The SMILES string of the molecule is Cc1ccccc1CC(=O)OCC(=O)Nc1ccc(Cl)cc1C(F)(F)F. The van der Waals surface area contributed by atoms with E-state index in [1.165, 1.54) is 6.07 Å². The highest BCUT2D eigenvalue weighted by Gasteiger charge is 2.34. The summed E-state index contributed by atoms with van der Waals surface area (Å²) in [5.74, 6) is -1.53. The van der Waals surface area contributed by atoms with Crippen molar-refractivity contribution in [3.05, 3.63) is 64.2 Å². The molecule has 0 atom stereocenters. The van der Waals surface area contributed by atoms with Crippen LogP contribution in [0.25, 0.3) is 0 Å². The quantitative estimate of drug-likeness (QED) is 0.776. The van der Waals surface area contributed by atoms with Crippen LogP contribution in [0, 0.1) is 6.92 Å². The molecule has 2 aromatic carbocycles. The first-order chi connectivity index (χ1) is 12.2. The van der Waals surface area contributed by atoms with Crippen molar-refractivity contribution in [1.29, 1.82) is 0 Å². The molecule has 0 radical (unpaired) electrons. The summed E-state index contributed by atoms with van der Waals surface area (Å²) in [6, 6.07) is 10.1. The number of carbonyl (C=O) groups excluding carboxylic acids is 2. The Balaban J connectivity index is 1.95. The van der Waals surface area contributed by atoms with Crippen LogP contribution in [0.4, 0.5) is 18.9 Å². The van der Waals surface area contributed by atoms with Crippen molar-refractivity contribution in [3.8, 4) is 0 Å². The lowest BCUT2D eigenvalue weighted by molar-refractivity contribution is -0.146. The number of hydrogen-bond donors (Lipinski definition) is 1. The number of anilines is 1.